The third-order valence-electron chi connectivity index (χ3n) is 3.48. The number of nitrogens with zero attached hydrogens (tertiary/aromatic N) is 3. The second-order valence-corrected chi connectivity index (χ2v) is 6.44. The Morgan fingerprint density at radius 2 is 1.88 bits per heavy atom. The maximum atomic E-state index is 9.50. The van der Waals surface area contributed by atoms with Gasteiger partial charge in [0, 0.05) is 34.9 Å². The predicted molar refractivity (Wildman–Crippen MR) is 101 cm³/mol. The van der Waals surface area contributed by atoms with Gasteiger partial charge in [0.15, 0.2) is 0 Å². The summed E-state index contributed by atoms with van der Waals surface area (Å²) in [5, 5.41) is 12.8. The van der Waals surface area contributed by atoms with Crippen molar-refractivity contribution in [2.24, 2.45) is 0 Å². The van der Waals surface area contributed by atoms with E-state index in [0.29, 0.717) is 15.6 Å². The van der Waals surface area contributed by atoms with E-state index in [0.717, 1.165) is 16.9 Å². The number of anilines is 1. The number of hydrogen-bond donors (Lipinski definition) is 0. The Labute approximate surface area is 150 Å². The molecule has 0 bridgehead atoms. The first-order valence-electron chi connectivity index (χ1n) is 7.29. The van der Waals surface area contributed by atoms with Crippen LogP contribution in [0.4, 0.5) is 5.69 Å². The van der Waals surface area contributed by atoms with Gasteiger partial charge in [-0.25, -0.2) is 4.98 Å². The van der Waals surface area contributed by atoms with E-state index in [1.54, 1.807) is 6.20 Å². The van der Waals surface area contributed by atoms with Crippen molar-refractivity contribution in [3.63, 3.8) is 0 Å². The molecule has 3 aromatic rings. The predicted octanol–water partition coefficient (Wildman–Crippen LogP) is 5.46. The van der Waals surface area contributed by atoms with Gasteiger partial charge in [-0.05, 0) is 24.3 Å². The lowest BCUT2D eigenvalue weighted by atomic mass is 10.2. The van der Waals surface area contributed by atoms with Crippen molar-refractivity contribution in [2.75, 3.05) is 11.9 Å². The Morgan fingerprint density at radius 3 is 2.54 bits per heavy atom. The molecule has 0 spiro atoms. The lowest BCUT2D eigenvalue weighted by Crippen LogP contribution is -2.08. The van der Waals surface area contributed by atoms with E-state index < -0.39 is 0 Å². The lowest BCUT2D eigenvalue weighted by molar-refractivity contribution is 1.20. The maximum Gasteiger partial charge on any atom is 0.136 e. The standard InChI is InChI=1S/C19H14ClN3S/c1-23(17-5-3-2-4-6-17)12-15(11-21)19-22-18(13-24-19)14-7-9-16(20)10-8-14/h2-10,12-13H,1H3/b15-12+. The Kier molecular flexibility index (Phi) is 4.95. The normalized spacial score (nSPS) is 11.1. The largest absolute Gasteiger partial charge is 0.350 e. The average Bonchev–Trinajstić information content (AvgIpc) is 3.10. The van der Waals surface area contributed by atoms with E-state index in [9.17, 15) is 5.26 Å². The zero-order valence-electron chi connectivity index (χ0n) is 13.0. The molecule has 0 saturated carbocycles. The maximum absolute atomic E-state index is 9.50. The highest BCUT2D eigenvalue weighted by atomic mass is 35.5. The molecule has 0 atom stereocenters. The number of benzene rings is 2. The molecule has 0 N–H and O–H groups in total. The van der Waals surface area contributed by atoms with Crippen molar-refractivity contribution >= 4 is 34.2 Å². The fourth-order valence-electron chi connectivity index (χ4n) is 2.21. The van der Waals surface area contributed by atoms with Crippen LogP contribution in [0.25, 0.3) is 16.8 Å². The summed E-state index contributed by atoms with van der Waals surface area (Å²) in [6, 6.07) is 19.6. The number of nitriles is 1. The summed E-state index contributed by atoms with van der Waals surface area (Å²) in [6.45, 7) is 0. The first-order valence-corrected chi connectivity index (χ1v) is 8.55. The van der Waals surface area contributed by atoms with Crippen molar-refractivity contribution < 1.29 is 0 Å². The molecule has 1 heterocycles. The fraction of sp³-hybridized carbons (Fsp3) is 0.0526. The summed E-state index contributed by atoms with van der Waals surface area (Å²) in [5.41, 5.74) is 3.37. The summed E-state index contributed by atoms with van der Waals surface area (Å²) >= 11 is 7.37. The first-order chi connectivity index (χ1) is 11.7. The zero-order chi connectivity index (χ0) is 16.9. The molecular formula is C19H14ClN3S. The molecule has 118 valence electrons. The van der Waals surface area contributed by atoms with Crippen LogP contribution in [0, 0.1) is 11.3 Å². The lowest BCUT2D eigenvalue weighted by Gasteiger charge is -2.14. The van der Waals surface area contributed by atoms with Crippen LogP contribution in [0.5, 0.6) is 0 Å². The minimum Gasteiger partial charge on any atom is -0.350 e. The van der Waals surface area contributed by atoms with Crippen LogP contribution in [0.3, 0.4) is 0 Å². The third kappa shape index (κ3) is 3.65. The second kappa shape index (κ2) is 7.31. The monoisotopic (exact) mass is 351 g/mol. The minimum atomic E-state index is 0.534. The van der Waals surface area contributed by atoms with Crippen LogP contribution >= 0.6 is 22.9 Å². The summed E-state index contributed by atoms with van der Waals surface area (Å²) in [6.07, 6.45) is 1.81. The van der Waals surface area contributed by atoms with Crippen LogP contribution in [0.15, 0.2) is 66.2 Å². The SMILES string of the molecule is CN(/C=C(\C#N)c1nc(-c2ccc(Cl)cc2)cs1)c1ccccc1. The molecule has 1 aromatic heterocycles. The van der Waals surface area contributed by atoms with Gasteiger partial charge in [-0.1, -0.05) is 41.9 Å². The van der Waals surface area contributed by atoms with Gasteiger partial charge < -0.3 is 4.90 Å². The summed E-state index contributed by atoms with van der Waals surface area (Å²) < 4.78 is 0. The highest BCUT2D eigenvalue weighted by Gasteiger charge is 2.10. The first kappa shape index (κ1) is 16.3. The summed E-state index contributed by atoms with van der Waals surface area (Å²) in [7, 11) is 1.92. The van der Waals surface area contributed by atoms with Crippen LogP contribution in [0.1, 0.15) is 5.01 Å². The highest BCUT2D eigenvalue weighted by Crippen LogP contribution is 2.27. The Hall–Kier alpha value is -2.61. The number of allylic oxidation sites excluding steroid dienone is 1. The number of aromatic nitrogens is 1. The fourth-order valence-corrected chi connectivity index (χ4v) is 3.13. The number of hydrogen-bond acceptors (Lipinski definition) is 4. The smallest absolute Gasteiger partial charge is 0.136 e. The van der Waals surface area contributed by atoms with Crippen molar-refractivity contribution in [1.29, 1.82) is 5.26 Å². The molecule has 0 fully saturated rings. The van der Waals surface area contributed by atoms with Gasteiger partial charge in [-0.2, -0.15) is 5.26 Å². The molecule has 0 aliphatic heterocycles. The van der Waals surface area contributed by atoms with E-state index in [1.807, 2.05) is 71.9 Å². The second-order valence-electron chi connectivity index (χ2n) is 5.15. The topological polar surface area (TPSA) is 39.9 Å². The molecule has 0 radical (unpaired) electrons. The molecule has 0 unspecified atom stereocenters. The van der Waals surface area contributed by atoms with Gasteiger partial charge >= 0.3 is 0 Å². The van der Waals surface area contributed by atoms with Gasteiger partial charge in [0.25, 0.3) is 0 Å². The third-order valence-corrected chi connectivity index (χ3v) is 4.61. The minimum absolute atomic E-state index is 0.534. The molecule has 0 aliphatic rings. The highest BCUT2D eigenvalue weighted by molar-refractivity contribution is 7.11. The van der Waals surface area contributed by atoms with Crippen LogP contribution in [-0.4, -0.2) is 12.0 Å². The molecule has 0 aliphatic carbocycles. The van der Waals surface area contributed by atoms with Crippen molar-refractivity contribution in [2.45, 2.75) is 0 Å². The molecule has 24 heavy (non-hydrogen) atoms. The van der Waals surface area contributed by atoms with Crippen LogP contribution in [-0.2, 0) is 0 Å². The quantitative estimate of drug-likeness (QED) is 0.585. The summed E-state index contributed by atoms with van der Waals surface area (Å²) in [5.74, 6) is 0. The van der Waals surface area contributed by atoms with Gasteiger partial charge in [0.1, 0.15) is 16.6 Å². The Bertz CT molecular complexity index is 892. The summed E-state index contributed by atoms with van der Waals surface area (Å²) in [4.78, 5) is 6.50. The number of rotatable bonds is 4. The molecular weight excluding hydrogens is 338 g/mol. The molecule has 0 saturated heterocycles. The van der Waals surface area contributed by atoms with Crippen molar-refractivity contribution in [3.05, 3.63) is 76.2 Å². The molecule has 2 aromatic carbocycles. The molecule has 0 amide bonds. The van der Waals surface area contributed by atoms with E-state index in [-0.39, 0.29) is 0 Å². The number of halogens is 1. The van der Waals surface area contributed by atoms with E-state index in [1.165, 1.54) is 11.3 Å². The van der Waals surface area contributed by atoms with E-state index in [2.05, 4.69) is 11.1 Å². The average molecular weight is 352 g/mol. The van der Waals surface area contributed by atoms with Crippen LogP contribution < -0.4 is 4.90 Å². The molecule has 3 nitrogen and oxygen atoms in total. The van der Waals surface area contributed by atoms with Crippen LogP contribution in [0.2, 0.25) is 5.02 Å². The Balaban J connectivity index is 1.88. The van der Waals surface area contributed by atoms with E-state index >= 15 is 0 Å². The van der Waals surface area contributed by atoms with Gasteiger partial charge in [-0.15, -0.1) is 11.3 Å². The van der Waals surface area contributed by atoms with Gasteiger partial charge in [0.2, 0.25) is 0 Å². The van der Waals surface area contributed by atoms with E-state index in [4.69, 9.17) is 11.6 Å². The van der Waals surface area contributed by atoms with Gasteiger partial charge in [0.05, 0.1) is 5.69 Å². The van der Waals surface area contributed by atoms with Crippen molar-refractivity contribution in [1.82, 2.24) is 4.98 Å². The number of para-hydroxylation sites is 1. The number of thiazole rings is 1. The van der Waals surface area contributed by atoms with Gasteiger partial charge in [-0.3, -0.25) is 0 Å². The molecule has 5 heteroatoms. The molecule has 3 rings (SSSR count). The Morgan fingerprint density at radius 1 is 1.17 bits per heavy atom. The van der Waals surface area contributed by atoms with Crippen molar-refractivity contribution in [3.8, 4) is 17.3 Å². The zero-order valence-corrected chi connectivity index (χ0v) is 14.6.